The van der Waals surface area contributed by atoms with Crippen LogP contribution in [-0.4, -0.2) is 15.6 Å². The molecule has 0 spiro atoms. The van der Waals surface area contributed by atoms with Crippen molar-refractivity contribution in [2.75, 3.05) is 11.1 Å². The van der Waals surface area contributed by atoms with Gasteiger partial charge in [0, 0.05) is 25.0 Å². The second-order valence-electron chi connectivity index (χ2n) is 4.22. The third-order valence-electron chi connectivity index (χ3n) is 2.63. The first kappa shape index (κ1) is 12.0. The van der Waals surface area contributed by atoms with Gasteiger partial charge in [0.15, 0.2) is 0 Å². The molecule has 1 unspecified atom stereocenters. The van der Waals surface area contributed by atoms with Crippen molar-refractivity contribution < 1.29 is 0 Å². The van der Waals surface area contributed by atoms with E-state index in [1.54, 1.807) is 24.7 Å². The van der Waals surface area contributed by atoms with Crippen LogP contribution in [0.4, 0.5) is 11.4 Å². The van der Waals surface area contributed by atoms with E-state index < -0.39 is 0 Å². The number of hydrogen-bond donors (Lipinski definition) is 2. The maximum Gasteiger partial charge on any atom is 0.0992 e. The SMILES string of the molecule is CC(Cn1ccnc1)Nc1ccc(C#N)cc1N. The quantitative estimate of drug-likeness (QED) is 0.800. The zero-order chi connectivity index (χ0) is 13.0. The molecule has 2 aromatic rings. The molecular weight excluding hydrogens is 226 g/mol. The van der Waals surface area contributed by atoms with Gasteiger partial charge in [0.25, 0.3) is 0 Å². The fourth-order valence-corrected chi connectivity index (χ4v) is 1.79. The zero-order valence-corrected chi connectivity index (χ0v) is 10.2. The monoisotopic (exact) mass is 241 g/mol. The lowest BCUT2D eigenvalue weighted by Crippen LogP contribution is -2.21. The number of nitrogens with two attached hydrogens (primary N) is 1. The van der Waals surface area contributed by atoms with Crippen molar-refractivity contribution in [3.63, 3.8) is 0 Å². The highest BCUT2D eigenvalue weighted by Crippen LogP contribution is 2.20. The summed E-state index contributed by atoms with van der Waals surface area (Å²) >= 11 is 0. The van der Waals surface area contributed by atoms with Crippen molar-refractivity contribution >= 4 is 11.4 Å². The van der Waals surface area contributed by atoms with Crippen LogP contribution in [0.15, 0.2) is 36.9 Å². The summed E-state index contributed by atoms with van der Waals surface area (Å²) in [5, 5.41) is 12.1. The van der Waals surface area contributed by atoms with E-state index in [0.717, 1.165) is 12.2 Å². The normalized spacial score (nSPS) is 11.8. The number of nitrogens with one attached hydrogen (secondary N) is 1. The Kier molecular flexibility index (Phi) is 3.49. The lowest BCUT2D eigenvalue weighted by molar-refractivity contribution is 0.619. The molecule has 0 saturated carbocycles. The van der Waals surface area contributed by atoms with Gasteiger partial charge in [-0.1, -0.05) is 0 Å². The Bertz CT molecular complexity index is 553. The Morgan fingerprint density at radius 3 is 3.00 bits per heavy atom. The number of aromatic nitrogens is 2. The number of nitriles is 1. The largest absolute Gasteiger partial charge is 0.397 e. The third-order valence-corrected chi connectivity index (χ3v) is 2.63. The van der Waals surface area contributed by atoms with E-state index in [1.807, 2.05) is 16.8 Å². The smallest absolute Gasteiger partial charge is 0.0992 e. The molecule has 0 fully saturated rings. The van der Waals surface area contributed by atoms with Crippen molar-refractivity contribution in [2.24, 2.45) is 0 Å². The average molecular weight is 241 g/mol. The number of hydrogen-bond acceptors (Lipinski definition) is 4. The topological polar surface area (TPSA) is 79.7 Å². The Balaban J connectivity index is 2.03. The van der Waals surface area contributed by atoms with Crippen molar-refractivity contribution in [3.8, 4) is 6.07 Å². The molecule has 1 aromatic heterocycles. The van der Waals surface area contributed by atoms with Crippen molar-refractivity contribution in [1.29, 1.82) is 5.26 Å². The van der Waals surface area contributed by atoms with E-state index in [2.05, 4.69) is 23.3 Å². The van der Waals surface area contributed by atoms with Gasteiger partial charge in [-0.2, -0.15) is 5.26 Å². The number of imidazole rings is 1. The Labute approximate surface area is 106 Å². The number of benzene rings is 1. The predicted molar refractivity (Wildman–Crippen MR) is 70.9 cm³/mol. The molecule has 0 aliphatic heterocycles. The van der Waals surface area contributed by atoms with Crippen LogP contribution in [0.3, 0.4) is 0 Å². The minimum absolute atomic E-state index is 0.217. The summed E-state index contributed by atoms with van der Waals surface area (Å²) in [4.78, 5) is 4.00. The van der Waals surface area contributed by atoms with E-state index in [9.17, 15) is 0 Å². The maximum absolute atomic E-state index is 8.77. The standard InChI is InChI=1S/C13H15N5/c1-10(8-18-5-4-16-9-18)17-13-3-2-11(7-14)6-12(13)15/h2-6,9-10,17H,8,15H2,1H3. The summed E-state index contributed by atoms with van der Waals surface area (Å²) in [7, 11) is 0. The number of nitrogens with zero attached hydrogens (tertiary/aromatic N) is 3. The molecule has 5 nitrogen and oxygen atoms in total. The summed E-state index contributed by atoms with van der Waals surface area (Å²) in [6.45, 7) is 2.87. The Hall–Kier alpha value is -2.48. The molecule has 0 bridgehead atoms. The van der Waals surface area contributed by atoms with E-state index in [0.29, 0.717) is 11.3 Å². The molecule has 5 heteroatoms. The molecule has 1 aromatic carbocycles. The summed E-state index contributed by atoms with van der Waals surface area (Å²) < 4.78 is 2.00. The van der Waals surface area contributed by atoms with Gasteiger partial charge in [0.05, 0.1) is 29.3 Å². The molecule has 3 N–H and O–H groups in total. The highest BCUT2D eigenvalue weighted by atomic mass is 15.1. The number of nitrogen functional groups attached to an aromatic ring is 1. The molecule has 1 heterocycles. The summed E-state index contributed by atoms with van der Waals surface area (Å²) in [6, 6.07) is 7.54. The lowest BCUT2D eigenvalue weighted by Gasteiger charge is -2.17. The molecule has 0 aliphatic carbocycles. The van der Waals surface area contributed by atoms with Gasteiger partial charge in [-0.05, 0) is 25.1 Å². The lowest BCUT2D eigenvalue weighted by atomic mass is 10.1. The summed E-state index contributed by atoms with van der Waals surface area (Å²) in [5.74, 6) is 0. The number of rotatable bonds is 4. The second-order valence-corrected chi connectivity index (χ2v) is 4.22. The minimum Gasteiger partial charge on any atom is -0.397 e. The molecule has 0 aliphatic rings. The zero-order valence-electron chi connectivity index (χ0n) is 10.2. The van der Waals surface area contributed by atoms with Gasteiger partial charge >= 0.3 is 0 Å². The van der Waals surface area contributed by atoms with Gasteiger partial charge in [0.2, 0.25) is 0 Å². The second kappa shape index (κ2) is 5.23. The maximum atomic E-state index is 8.77. The highest BCUT2D eigenvalue weighted by molar-refractivity contribution is 5.68. The van der Waals surface area contributed by atoms with Crippen LogP contribution < -0.4 is 11.1 Å². The first-order chi connectivity index (χ1) is 8.69. The van der Waals surface area contributed by atoms with Crippen LogP contribution in [0.2, 0.25) is 0 Å². The third kappa shape index (κ3) is 2.80. The van der Waals surface area contributed by atoms with E-state index >= 15 is 0 Å². The van der Waals surface area contributed by atoms with Gasteiger partial charge < -0.3 is 15.6 Å². The van der Waals surface area contributed by atoms with Crippen molar-refractivity contribution in [3.05, 3.63) is 42.5 Å². The Morgan fingerprint density at radius 2 is 2.39 bits per heavy atom. The van der Waals surface area contributed by atoms with Crippen molar-refractivity contribution in [2.45, 2.75) is 19.5 Å². The van der Waals surface area contributed by atoms with Gasteiger partial charge in [0.1, 0.15) is 0 Å². The van der Waals surface area contributed by atoms with Crippen LogP contribution in [-0.2, 0) is 6.54 Å². The van der Waals surface area contributed by atoms with Gasteiger partial charge in [-0.25, -0.2) is 4.98 Å². The molecule has 0 saturated heterocycles. The average Bonchev–Trinajstić information content (AvgIpc) is 2.84. The number of anilines is 2. The molecule has 1 atom stereocenters. The van der Waals surface area contributed by atoms with Crippen molar-refractivity contribution in [1.82, 2.24) is 9.55 Å². The van der Waals surface area contributed by atoms with Crippen LogP contribution in [0, 0.1) is 11.3 Å². The van der Waals surface area contributed by atoms with Gasteiger partial charge in [-0.3, -0.25) is 0 Å². The molecule has 92 valence electrons. The molecule has 2 rings (SSSR count). The Morgan fingerprint density at radius 1 is 1.56 bits per heavy atom. The molecule has 0 radical (unpaired) electrons. The first-order valence-electron chi connectivity index (χ1n) is 5.71. The van der Waals surface area contributed by atoms with E-state index in [1.165, 1.54) is 0 Å². The van der Waals surface area contributed by atoms with E-state index in [-0.39, 0.29) is 6.04 Å². The summed E-state index contributed by atoms with van der Waals surface area (Å²) in [6.07, 6.45) is 5.45. The fourth-order valence-electron chi connectivity index (χ4n) is 1.79. The first-order valence-corrected chi connectivity index (χ1v) is 5.71. The van der Waals surface area contributed by atoms with Crippen LogP contribution in [0.25, 0.3) is 0 Å². The van der Waals surface area contributed by atoms with Crippen LogP contribution in [0.5, 0.6) is 0 Å². The highest BCUT2D eigenvalue weighted by Gasteiger charge is 2.06. The molecular formula is C13H15N5. The van der Waals surface area contributed by atoms with E-state index in [4.69, 9.17) is 11.0 Å². The summed E-state index contributed by atoms with van der Waals surface area (Å²) in [5.41, 5.74) is 7.89. The minimum atomic E-state index is 0.217. The van der Waals surface area contributed by atoms with Crippen LogP contribution >= 0.6 is 0 Å². The predicted octanol–water partition coefficient (Wildman–Crippen LogP) is 1.84. The molecule has 0 amide bonds. The fraction of sp³-hybridized carbons (Fsp3) is 0.231. The van der Waals surface area contributed by atoms with Crippen LogP contribution in [0.1, 0.15) is 12.5 Å². The molecule has 18 heavy (non-hydrogen) atoms. The van der Waals surface area contributed by atoms with Gasteiger partial charge in [-0.15, -0.1) is 0 Å².